The van der Waals surface area contributed by atoms with Gasteiger partial charge in [-0.1, -0.05) is 6.42 Å². The molecule has 0 saturated heterocycles. The summed E-state index contributed by atoms with van der Waals surface area (Å²) in [4.78, 5) is 0. The van der Waals surface area contributed by atoms with Gasteiger partial charge in [-0.3, -0.25) is 0 Å². The van der Waals surface area contributed by atoms with Crippen molar-refractivity contribution in [2.24, 2.45) is 0 Å². The van der Waals surface area contributed by atoms with E-state index in [4.69, 9.17) is 9.47 Å². The van der Waals surface area contributed by atoms with Gasteiger partial charge in [0.1, 0.15) is 0 Å². The molecular formula is C12H25NO2S. The van der Waals surface area contributed by atoms with Crippen molar-refractivity contribution in [2.75, 3.05) is 20.5 Å². The zero-order valence-electron chi connectivity index (χ0n) is 10.9. The lowest BCUT2D eigenvalue weighted by Gasteiger charge is -2.33. The Labute approximate surface area is 104 Å². The molecule has 1 N–H and O–H groups in total. The molecule has 0 aliphatic heterocycles. The Morgan fingerprint density at radius 2 is 1.94 bits per heavy atom. The molecule has 0 aromatic heterocycles. The van der Waals surface area contributed by atoms with E-state index < -0.39 is 0 Å². The molecule has 0 amide bonds. The third-order valence-corrected chi connectivity index (χ3v) is 4.43. The Morgan fingerprint density at radius 3 is 2.50 bits per heavy atom. The summed E-state index contributed by atoms with van der Waals surface area (Å²) in [6, 6.07) is 0.870. The van der Waals surface area contributed by atoms with Gasteiger partial charge in [-0.2, -0.15) is 11.8 Å². The second-order valence-electron chi connectivity index (χ2n) is 4.52. The third-order valence-electron chi connectivity index (χ3n) is 3.33. The molecule has 1 fully saturated rings. The van der Waals surface area contributed by atoms with E-state index in [1.807, 2.05) is 11.8 Å². The smallest absolute Gasteiger partial charge is 0.171 e. The highest BCUT2D eigenvalue weighted by Gasteiger charge is 2.25. The van der Waals surface area contributed by atoms with Gasteiger partial charge in [0, 0.05) is 25.5 Å². The van der Waals surface area contributed by atoms with Gasteiger partial charge in [0.2, 0.25) is 0 Å². The number of nitrogens with one attached hydrogen (secondary N) is 1. The molecule has 1 saturated carbocycles. The van der Waals surface area contributed by atoms with E-state index in [0.29, 0.717) is 6.04 Å². The van der Waals surface area contributed by atoms with Crippen LogP contribution < -0.4 is 5.32 Å². The van der Waals surface area contributed by atoms with Gasteiger partial charge in [0.05, 0.1) is 6.04 Å². The van der Waals surface area contributed by atoms with Crippen molar-refractivity contribution in [3.63, 3.8) is 0 Å². The van der Waals surface area contributed by atoms with Crippen LogP contribution in [0.2, 0.25) is 0 Å². The summed E-state index contributed by atoms with van der Waals surface area (Å²) in [7, 11) is 3.38. The summed E-state index contributed by atoms with van der Waals surface area (Å²) in [5.74, 6) is 0. The molecule has 0 radical (unpaired) electrons. The van der Waals surface area contributed by atoms with Gasteiger partial charge in [0.15, 0.2) is 6.29 Å². The predicted molar refractivity (Wildman–Crippen MR) is 70.0 cm³/mol. The molecule has 0 heterocycles. The van der Waals surface area contributed by atoms with Crippen molar-refractivity contribution in [3.8, 4) is 0 Å². The number of rotatable bonds is 6. The van der Waals surface area contributed by atoms with Crippen LogP contribution in [0.1, 0.15) is 32.6 Å². The van der Waals surface area contributed by atoms with Crippen LogP contribution in [-0.2, 0) is 9.47 Å². The van der Waals surface area contributed by atoms with E-state index >= 15 is 0 Å². The van der Waals surface area contributed by atoms with Crippen LogP contribution in [0.15, 0.2) is 0 Å². The minimum absolute atomic E-state index is 0.144. The lowest BCUT2D eigenvalue weighted by Crippen LogP contribution is -2.47. The second kappa shape index (κ2) is 7.54. The van der Waals surface area contributed by atoms with Crippen LogP contribution in [0.5, 0.6) is 0 Å². The zero-order chi connectivity index (χ0) is 12.0. The maximum absolute atomic E-state index is 5.27. The van der Waals surface area contributed by atoms with Gasteiger partial charge in [-0.15, -0.1) is 0 Å². The van der Waals surface area contributed by atoms with Crippen LogP contribution in [0.25, 0.3) is 0 Å². The highest BCUT2D eigenvalue weighted by atomic mass is 32.2. The van der Waals surface area contributed by atoms with E-state index in [1.54, 1.807) is 14.2 Å². The summed E-state index contributed by atoms with van der Waals surface area (Å²) in [5, 5.41) is 4.44. The van der Waals surface area contributed by atoms with Crippen LogP contribution in [0, 0.1) is 0 Å². The zero-order valence-corrected chi connectivity index (χ0v) is 11.7. The number of thioether (sulfide) groups is 1. The normalized spacial score (nSPS) is 28.3. The summed E-state index contributed by atoms with van der Waals surface area (Å²) in [5.41, 5.74) is 0. The first-order chi connectivity index (χ1) is 7.71. The third kappa shape index (κ3) is 4.24. The predicted octanol–water partition coefficient (Wildman–Crippen LogP) is 2.26. The fourth-order valence-corrected chi connectivity index (χ4v) is 3.29. The molecule has 1 aliphatic rings. The molecule has 0 bridgehead atoms. The molecule has 3 unspecified atom stereocenters. The minimum atomic E-state index is -0.144. The molecular weight excluding hydrogens is 222 g/mol. The van der Waals surface area contributed by atoms with Crippen molar-refractivity contribution < 1.29 is 9.47 Å². The molecule has 1 aliphatic carbocycles. The quantitative estimate of drug-likeness (QED) is 0.729. The fraction of sp³-hybridized carbons (Fsp3) is 1.00. The van der Waals surface area contributed by atoms with Crippen molar-refractivity contribution in [2.45, 2.75) is 56.2 Å². The van der Waals surface area contributed by atoms with Crippen molar-refractivity contribution in [1.82, 2.24) is 5.32 Å². The van der Waals surface area contributed by atoms with E-state index in [9.17, 15) is 0 Å². The number of methoxy groups -OCH3 is 2. The van der Waals surface area contributed by atoms with E-state index in [-0.39, 0.29) is 12.3 Å². The lowest BCUT2D eigenvalue weighted by molar-refractivity contribution is -0.121. The topological polar surface area (TPSA) is 30.5 Å². The SMILES string of the molecule is COC(OC)C(C)NC1CCCC(SC)C1. The van der Waals surface area contributed by atoms with E-state index in [0.717, 1.165) is 5.25 Å². The van der Waals surface area contributed by atoms with E-state index in [2.05, 4.69) is 18.5 Å². The maximum Gasteiger partial charge on any atom is 0.171 e. The Balaban J connectivity index is 2.34. The molecule has 3 atom stereocenters. The van der Waals surface area contributed by atoms with Crippen LogP contribution >= 0.6 is 11.8 Å². The first kappa shape index (κ1) is 14.3. The number of hydrogen-bond acceptors (Lipinski definition) is 4. The van der Waals surface area contributed by atoms with Crippen LogP contribution in [-0.4, -0.2) is 44.1 Å². The van der Waals surface area contributed by atoms with Crippen molar-refractivity contribution in [1.29, 1.82) is 0 Å². The van der Waals surface area contributed by atoms with Gasteiger partial charge in [-0.25, -0.2) is 0 Å². The fourth-order valence-electron chi connectivity index (χ4n) is 2.47. The minimum Gasteiger partial charge on any atom is -0.354 e. The Hall–Kier alpha value is 0.230. The van der Waals surface area contributed by atoms with Crippen LogP contribution in [0.4, 0.5) is 0 Å². The molecule has 96 valence electrons. The molecule has 1 rings (SSSR count). The molecule has 3 nitrogen and oxygen atoms in total. The van der Waals surface area contributed by atoms with Gasteiger partial charge in [-0.05, 0) is 32.4 Å². The first-order valence-electron chi connectivity index (χ1n) is 6.05. The van der Waals surface area contributed by atoms with Gasteiger partial charge in [0.25, 0.3) is 0 Å². The first-order valence-corrected chi connectivity index (χ1v) is 7.34. The van der Waals surface area contributed by atoms with Crippen molar-refractivity contribution >= 4 is 11.8 Å². The summed E-state index contributed by atoms with van der Waals surface area (Å²) in [6.45, 7) is 2.13. The standard InChI is InChI=1S/C12H25NO2S/c1-9(12(14-2)15-3)13-10-6-5-7-11(8-10)16-4/h9-13H,5-8H2,1-4H3. The molecule has 0 aromatic rings. The average Bonchev–Trinajstić information content (AvgIpc) is 2.31. The van der Waals surface area contributed by atoms with E-state index in [1.165, 1.54) is 25.7 Å². The number of ether oxygens (including phenoxy) is 2. The monoisotopic (exact) mass is 247 g/mol. The molecule has 0 spiro atoms. The molecule has 0 aromatic carbocycles. The average molecular weight is 247 g/mol. The summed E-state index contributed by atoms with van der Waals surface area (Å²) < 4.78 is 10.5. The summed E-state index contributed by atoms with van der Waals surface area (Å²) in [6.07, 6.45) is 7.32. The van der Waals surface area contributed by atoms with Gasteiger partial charge >= 0.3 is 0 Å². The second-order valence-corrected chi connectivity index (χ2v) is 5.65. The molecule has 16 heavy (non-hydrogen) atoms. The van der Waals surface area contributed by atoms with Crippen LogP contribution in [0.3, 0.4) is 0 Å². The highest BCUT2D eigenvalue weighted by Crippen LogP contribution is 2.27. The largest absolute Gasteiger partial charge is 0.354 e. The lowest BCUT2D eigenvalue weighted by atomic mass is 9.94. The summed E-state index contributed by atoms with van der Waals surface area (Å²) >= 11 is 1.99. The maximum atomic E-state index is 5.27. The number of hydrogen-bond donors (Lipinski definition) is 1. The highest BCUT2D eigenvalue weighted by molar-refractivity contribution is 7.99. The van der Waals surface area contributed by atoms with Crippen molar-refractivity contribution in [3.05, 3.63) is 0 Å². The Morgan fingerprint density at radius 1 is 1.25 bits per heavy atom. The Bertz CT molecular complexity index is 188. The Kier molecular flexibility index (Phi) is 6.73. The van der Waals surface area contributed by atoms with Gasteiger partial charge < -0.3 is 14.8 Å². The molecule has 4 heteroatoms.